The maximum absolute atomic E-state index is 10.4. The van der Waals surface area contributed by atoms with Gasteiger partial charge in [0.15, 0.2) is 6.61 Å². The summed E-state index contributed by atoms with van der Waals surface area (Å²) in [7, 11) is 0. The molecule has 62 valence electrons. The van der Waals surface area contributed by atoms with Crippen molar-refractivity contribution in [3.8, 4) is 11.8 Å². The summed E-state index contributed by atoms with van der Waals surface area (Å²) in [6, 6.07) is 0. The lowest BCUT2D eigenvalue weighted by Gasteiger charge is -2.11. The van der Waals surface area contributed by atoms with E-state index in [1.165, 1.54) is 6.92 Å². The third kappa shape index (κ3) is 6.80. The van der Waals surface area contributed by atoms with E-state index in [-0.39, 0.29) is 0 Å². The van der Waals surface area contributed by atoms with Crippen LogP contribution in [0.3, 0.4) is 0 Å². The van der Waals surface area contributed by atoms with E-state index in [2.05, 4.69) is 10.7 Å². The summed E-state index contributed by atoms with van der Waals surface area (Å²) < 4.78 is 4.08. The molecule has 0 rings (SSSR count). The molecule has 11 heavy (non-hydrogen) atoms. The Morgan fingerprint density at radius 2 is 2.09 bits per heavy atom. The van der Waals surface area contributed by atoms with Gasteiger partial charge in [-0.05, 0) is 6.92 Å². The molecule has 0 bridgehead atoms. The number of rotatable bonds is 2. The molecule has 0 saturated heterocycles. The van der Waals surface area contributed by atoms with Gasteiger partial charge in [-0.3, -0.25) is 0 Å². The molecule has 0 saturated carbocycles. The predicted octanol–water partition coefficient (Wildman–Crippen LogP) is -1.82. The van der Waals surface area contributed by atoms with E-state index in [9.17, 15) is 4.79 Å². The summed E-state index contributed by atoms with van der Waals surface area (Å²) in [4.78, 5) is 10.4. The molecule has 0 aliphatic heterocycles. The maximum atomic E-state index is 10.4. The first-order chi connectivity index (χ1) is 4.95. The molecule has 0 aromatic heterocycles. The Kier molecular flexibility index (Phi) is 3.54. The van der Waals surface area contributed by atoms with E-state index in [0.717, 1.165) is 0 Å². The summed E-state index contributed by atoms with van der Waals surface area (Å²) in [5.41, 5.74) is 0. The van der Waals surface area contributed by atoms with Crippen LogP contribution in [-0.2, 0) is 9.53 Å². The van der Waals surface area contributed by atoms with Gasteiger partial charge in [-0.2, -0.15) is 0 Å². The Balaban J connectivity index is 3.69. The van der Waals surface area contributed by atoms with Crippen LogP contribution in [0.1, 0.15) is 6.92 Å². The molecule has 5 heteroatoms. The first kappa shape index (κ1) is 9.91. The number of carbonyl (C=O) groups is 1. The second-order valence-corrected chi connectivity index (χ2v) is 1.73. The first-order valence-electron chi connectivity index (χ1n) is 2.72. The van der Waals surface area contributed by atoms with E-state index >= 15 is 0 Å². The predicted molar refractivity (Wildman–Crippen MR) is 33.8 cm³/mol. The van der Waals surface area contributed by atoms with Crippen LogP contribution in [0, 0.1) is 11.8 Å². The second-order valence-electron chi connectivity index (χ2n) is 1.73. The van der Waals surface area contributed by atoms with Crippen molar-refractivity contribution in [1.29, 1.82) is 0 Å². The highest BCUT2D eigenvalue weighted by Crippen LogP contribution is 1.92. The molecule has 0 aromatic carbocycles. The largest absolute Gasteiger partial charge is 0.447 e. The maximum Gasteiger partial charge on any atom is 0.384 e. The lowest BCUT2D eigenvalue weighted by molar-refractivity contribution is -0.327. The normalized spacial score (nSPS) is 9.82. The minimum absolute atomic E-state index is 0.916. The summed E-state index contributed by atoms with van der Waals surface area (Å²) in [5, 5.41) is 24.7. The fraction of sp³-hybridized carbons (Fsp3) is 0.500. The average molecular weight is 160 g/mol. The Bertz CT molecular complexity index is 191. The van der Waals surface area contributed by atoms with Gasteiger partial charge in [-0.1, -0.05) is 5.92 Å². The molecule has 0 aliphatic rings. The van der Waals surface area contributed by atoms with Crippen LogP contribution in [0.25, 0.3) is 0 Å². The summed E-state index contributed by atoms with van der Waals surface area (Å²) in [6.45, 7) is 0.506. The van der Waals surface area contributed by atoms with Gasteiger partial charge in [0.05, 0.1) is 0 Å². The molecule has 0 fully saturated rings. The van der Waals surface area contributed by atoms with Gasteiger partial charge in [0.25, 0.3) is 0 Å². The Labute approximate surface area is 63.2 Å². The van der Waals surface area contributed by atoms with Crippen LogP contribution in [0.4, 0.5) is 0 Å². The van der Waals surface area contributed by atoms with Gasteiger partial charge in [-0.15, -0.1) is 0 Å². The number of esters is 1. The van der Waals surface area contributed by atoms with Crippen molar-refractivity contribution in [2.45, 2.75) is 12.9 Å². The van der Waals surface area contributed by atoms with Crippen molar-refractivity contribution in [3.63, 3.8) is 0 Å². The van der Waals surface area contributed by atoms with Crippen LogP contribution in [0.15, 0.2) is 0 Å². The zero-order valence-corrected chi connectivity index (χ0v) is 5.87. The van der Waals surface area contributed by atoms with E-state index in [1.54, 1.807) is 0 Å². The lowest BCUT2D eigenvalue weighted by Crippen LogP contribution is -2.34. The molecule has 0 aromatic rings. The summed E-state index contributed by atoms with van der Waals surface area (Å²) in [6.07, 6.45) is 0. The second kappa shape index (κ2) is 3.93. The van der Waals surface area contributed by atoms with E-state index in [1.807, 2.05) is 5.92 Å². The van der Waals surface area contributed by atoms with Crippen molar-refractivity contribution in [2.24, 2.45) is 0 Å². The van der Waals surface area contributed by atoms with E-state index < -0.39 is 18.5 Å². The highest BCUT2D eigenvalue weighted by Gasteiger charge is 2.20. The molecule has 3 N–H and O–H groups in total. The zero-order chi connectivity index (χ0) is 8.91. The summed E-state index contributed by atoms with van der Waals surface area (Å²) in [5.74, 6) is 0.305. The Morgan fingerprint density at radius 3 is 2.45 bits per heavy atom. The average Bonchev–Trinajstić information content (AvgIpc) is 1.83. The molecule has 0 atom stereocenters. The van der Waals surface area contributed by atoms with Gasteiger partial charge >= 0.3 is 11.9 Å². The van der Waals surface area contributed by atoms with Gasteiger partial charge in [0, 0.05) is 5.92 Å². The van der Waals surface area contributed by atoms with Crippen molar-refractivity contribution in [1.82, 2.24) is 0 Å². The zero-order valence-electron chi connectivity index (χ0n) is 5.87. The van der Waals surface area contributed by atoms with Gasteiger partial charge in [0.1, 0.15) is 0 Å². The Hall–Kier alpha value is -1.09. The molecule has 0 unspecified atom stereocenters. The molecular weight excluding hydrogens is 152 g/mol. The number of hydrogen-bond acceptors (Lipinski definition) is 5. The van der Waals surface area contributed by atoms with Gasteiger partial charge in [-0.25, -0.2) is 4.79 Å². The van der Waals surface area contributed by atoms with Crippen molar-refractivity contribution in [3.05, 3.63) is 0 Å². The van der Waals surface area contributed by atoms with Gasteiger partial charge < -0.3 is 20.1 Å². The quantitative estimate of drug-likeness (QED) is 0.192. The standard InChI is InChI=1S/C6H8O5/c1-2-3-5(7)11-4-6(8,9)10/h8-10H,4H2,1H3. The smallest absolute Gasteiger partial charge is 0.384 e. The van der Waals surface area contributed by atoms with E-state index in [4.69, 9.17) is 15.3 Å². The van der Waals surface area contributed by atoms with Crippen LogP contribution >= 0.6 is 0 Å². The van der Waals surface area contributed by atoms with Crippen molar-refractivity contribution >= 4 is 5.97 Å². The monoisotopic (exact) mass is 160 g/mol. The highest BCUT2D eigenvalue weighted by molar-refractivity contribution is 5.88. The molecule has 5 nitrogen and oxygen atoms in total. The first-order valence-corrected chi connectivity index (χ1v) is 2.72. The lowest BCUT2D eigenvalue weighted by atomic mass is 10.6. The van der Waals surface area contributed by atoms with Gasteiger partial charge in [0.2, 0.25) is 0 Å². The van der Waals surface area contributed by atoms with Crippen LogP contribution in [0.2, 0.25) is 0 Å². The highest BCUT2D eigenvalue weighted by atomic mass is 16.7. The number of ether oxygens (including phenoxy) is 1. The number of carbonyl (C=O) groups excluding carboxylic acids is 1. The fourth-order valence-electron chi connectivity index (χ4n) is 0.301. The number of aliphatic hydroxyl groups is 3. The topological polar surface area (TPSA) is 87.0 Å². The van der Waals surface area contributed by atoms with Crippen LogP contribution < -0.4 is 0 Å². The SMILES string of the molecule is CC#CC(=O)OCC(O)(O)O. The van der Waals surface area contributed by atoms with Crippen LogP contribution in [0.5, 0.6) is 0 Å². The fourth-order valence-corrected chi connectivity index (χ4v) is 0.301. The minimum Gasteiger partial charge on any atom is -0.447 e. The molecule has 0 heterocycles. The minimum atomic E-state index is -2.98. The molecule has 0 amide bonds. The molecule has 0 radical (unpaired) electrons. The third-order valence-electron chi connectivity index (χ3n) is 0.624. The Morgan fingerprint density at radius 1 is 1.55 bits per heavy atom. The van der Waals surface area contributed by atoms with E-state index in [0.29, 0.717) is 0 Å². The molecule has 0 aliphatic carbocycles. The van der Waals surface area contributed by atoms with Crippen LogP contribution in [-0.4, -0.2) is 33.9 Å². The molecular formula is C6H8O5. The third-order valence-corrected chi connectivity index (χ3v) is 0.624. The summed E-state index contributed by atoms with van der Waals surface area (Å²) >= 11 is 0. The molecule has 0 spiro atoms. The van der Waals surface area contributed by atoms with Crippen molar-refractivity contribution in [2.75, 3.05) is 6.61 Å². The number of hydrogen-bond donors (Lipinski definition) is 3. The van der Waals surface area contributed by atoms with Crippen molar-refractivity contribution < 1.29 is 24.9 Å².